The molecule has 0 aliphatic heterocycles. The van der Waals surface area contributed by atoms with Gasteiger partial charge in [0.2, 0.25) is 5.91 Å². The number of carbonyl (C=O) groups excluding carboxylic acids is 1. The first-order valence-electron chi connectivity index (χ1n) is 5.31. The number of amides is 1. The monoisotopic (exact) mass is 215 g/mol. The molecule has 1 aromatic carbocycles. The van der Waals surface area contributed by atoms with E-state index in [1.165, 1.54) is 11.6 Å². The number of hydrogen-bond acceptors (Lipinski definition) is 1. The highest BCUT2D eigenvalue weighted by atomic mass is 16.1. The molecule has 1 aromatic rings. The van der Waals surface area contributed by atoms with E-state index in [1.54, 1.807) is 6.08 Å². The Morgan fingerprint density at radius 2 is 2.00 bits per heavy atom. The maximum Gasteiger partial charge on any atom is 0.248 e. The molecule has 0 atom stereocenters. The van der Waals surface area contributed by atoms with E-state index >= 15 is 0 Å². The maximum atomic E-state index is 11.5. The van der Waals surface area contributed by atoms with Gasteiger partial charge in [-0.3, -0.25) is 4.79 Å². The van der Waals surface area contributed by atoms with Crippen LogP contribution in [0.1, 0.15) is 18.1 Å². The van der Waals surface area contributed by atoms with E-state index in [-0.39, 0.29) is 5.91 Å². The average molecular weight is 215 g/mol. The summed E-state index contributed by atoms with van der Waals surface area (Å²) in [7, 11) is 0. The normalized spacial score (nSPS) is 11.2. The van der Waals surface area contributed by atoms with Gasteiger partial charge in [-0.1, -0.05) is 30.4 Å². The van der Waals surface area contributed by atoms with Gasteiger partial charge < -0.3 is 5.32 Å². The molecule has 0 radical (unpaired) electrons. The third-order valence-electron chi connectivity index (χ3n) is 2.41. The molecule has 2 heteroatoms. The van der Waals surface area contributed by atoms with E-state index in [0.717, 1.165) is 11.3 Å². The lowest BCUT2D eigenvalue weighted by Crippen LogP contribution is -2.09. The molecular weight excluding hydrogens is 198 g/mol. The van der Waals surface area contributed by atoms with Crippen molar-refractivity contribution in [2.45, 2.75) is 20.8 Å². The predicted octanol–water partition coefficient (Wildman–Crippen LogP) is 3.37. The van der Waals surface area contributed by atoms with Crippen LogP contribution >= 0.6 is 0 Å². The summed E-state index contributed by atoms with van der Waals surface area (Å²) in [6.45, 7) is 5.94. The zero-order valence-electron chi connectivity index (χ0n) is 9.95. The van der Waals surface area contributed by atoms with Crippen LogP contribution in [-0.2, 0) is 4.79 Å². The first kappa shape index (κ1) is 12.2. The molecule has 16 heavy (non-hydrogen) atoms. The minimum absolute atomic E-state index is 0.105. The predicted molar refractivity (Wildman–Crippen MR) is 68.5 cm³/mol. The van der Waals surface area contributed by atoms with Crippen molar-refractivity contribution in [2.75, 3.05) is 5.32 Å². The standard InChI is InChI=1S/C14H17NO/c1-4-5-6-10-14(16)15-13-9-7-8-11(2)12(13)3/h4-10H,1-3H3,(H,15,16)/b5-4+,10-6+. The maximum absolute atomic E-state index is 11.5. The van der Waals surface area contributed by atoms with Gasteiger partial charge in [0.15, 0.2) is 0 Å². The number of benzene rings is 1. The third kappa shape index (κ3) is 3.39. The van der Waals surface area contributed by atoms with E-state index in [0.29, 0.717) is 0 Å². The van der Waals surface area contributed by atoms with Crippen molar-refractivity contribution in [2.24, 2.45) is 0 Å². The molecule has 1 N–H and O–H groups in total. The Kier molecular flexibility index (Phi) is 4.52. The fraction of sp³-hybridized carbons (Fsp3) is 0.214. The first-order chi connectivity index (χ1) is 7.65. The molecule has 0 bridgehead atoms. The molecule has 84 valence electrons. The summed E-state index contributed by atoms with van der Waals surface area (Å²) >= 11 is 0. The Morgan fingerprint density at radius 1 is 1.25 bits per heavy atom. The van der Waals surface area contributed by atoms with Crippen molar-refractivity contribution in [3.05, 3.63) is 53.6 Å². The van der Waals surface area contributed by atoms with Crippen LogP contribution in [-0.4, -0.2) is 5.91 Å². The fourth-order valence-corrected chi connectivity index (χ4v) is 1.31. The van der Waals surface area contributed by atoms with Gasteiger partial charge in [-0.2, -0.15) is 0 Å². The number of hydrogen-bond donors (Lipinski definition) is 1. The fourth-order valence-electron chi connectivity index (χ4n) is 1.31. The SMILES string of the molecule is C/C=C/C=C/C(=O)Nc1cccc(C)c1C. The van der Waals surface area contributed by atoms with Gasteiger partial charge in [-0.15, -0.1) is 0 Å². The summed E-state index contributed by atoms with van der Waals surface area (Å²) in [5, 5.41) is 2.85. The molecule has 0 aliphatic carbocycles. The zero-order chi connectivity index (χ0) is 12.0. The topological polar surface area (TPSA) is 29.1 Å². The van der Waals surface area contributed by atoms with Crippen LogP contribution in [0.3, 0.4) is 0 Å². The van der Waals surface area contributed by atoms with Gasteiger partial charge in [-0.25, -0.2) is 0 Å². The van der Waals surface area contributed by atoms with Gasteiger partial charge in [0.1, 0.15) is 0 Å². The second kappa shape index (κ2) is 5.91. The molecule has 0 aliphatic rings. The third-order valence-corrected chi connectivity index (χ3v) is 2.41. The van der Waals surface area contributed by atoms with Crippen LogP contribution in [0.25, 0.3) is 0 Å². The van der Waals surface area contributed by atoms with Gasteiger partial charge in [-0.05, 0) is 38.0 Å². The Bertz CT molecular complexity index is 430. The number of aryl methyl sites for hydroxylation is 1. The summed E-state index contributed by atoms with van der Waals surface area (Å²) in [6.07, 6.45) is 6.94. The second-order valence-electron chi connectivity index (χ2n) is 3.62. The largest absolute Gasteiger partial charge is 0.322 e. The van der Waals surface area contributed by atoms with Gasteiger partial charge >= 0.3 is 0 Å². The lowest BCUT2D eigenvalue weighted by atomic mass is 10.1. The van der Waals surface area contributed by atoms with E-state index in [4.69, 9.17) is 0 Å². The molecule has 0 aromatic heterocycles. The number of anilines is 1. The lowest BCUT2D eigenvalue weighted by molar-refractivity contribution is -0.111. The first-order valence-corrected chi connectivity index (χ1v) is 5.31. The summed E-state index contributed by atoms with van der Waals surface area (Å²) in [5.41, 5.74) is 3.15. The minimum atomic E-state index is -0.105. The highest BCUT2D eigenvalue weighted by Crippen LogP contribution is 2.17. The number of carbonyl (C=O) groups is 1. The number of nitrogens with one attached hydrogen (secondary N) is 1. The zero-order valence-corrected chi connectivity index (χ0v) is 9.95. The van der Waals surface area contributed by atoms with Crippen LogP contribution in [0.5, 0.6) is 0 Å². The molecule has 0 spiro atoms. The molecule has 0 fully saturated rings. The van der Waals surface area contributed by atoms with Crippen LogP contribution < -0.4 is 5.32 Å². The number of allylic oxidation sites excluding steroid dienone is 3. The highest BCUT2D eigenvalue weighted by Gasteiger charge is 2.02. The Labute approximate surface area is 96.7 Å². The molecule has 1 amide bonds. The molecule has 1 rings (SSSR count). The molecule has 0 heterocycles. The molecule has 2 nitrogen and oxygen atoms in total. The van der Waals surface area contributed by atoms with Gasteiger partial charge in [0, 0.05) is 11.8 Å². The van der Waals surface area contributed by atoms with Crippen molar-refractivity contribution in [1.29, 1.82) is 0 Å². The second-order valence-corrected chi connectivity index (χ2v) is 3.62. The van der Waals surface area contributed by atoms with E-state index in [2.05, 4.69) is 5.32 Å². The van der Waals surface area contributed by atoms with E-state index in [1.807, 2.05) is 51.1 Å². The molecule has 0 unspecified atom stereocenters. The summed E-state index contributed by atoms with van der Waals surface area (Å²) in [5.74, 6) is -0.105. The van der Waals surface area contributed by atoms with E-state index < -0.39 is 0 Å². The summed E-state index contributed by atoms with van der Waals surface area (Å²) in [4.78, 5) is 11.5. The lowest BCUT2D eigenvalue weighted by Gasteiger charge is -2.08. The smallest absolute Gasteiger partial charge is 0.248 e. The van der Waals surface area contributed by atoms with Crippen molar-refractivity contribution in [3.63, 3.8) is 0 Å². The quantitative estimate of drug-likeness (QED) is 0.608. The highest BCUT2D eigenvalue weighted by molar-refractivity contribution is 6.00. The summed E-state index contributed by atoms with van der Waals surface area (Å²) < 4.78 is 0. The van der Waals surface area contributed by atoms with Crippen LogP contribution in [0.15, 0.2) is 42.5 Å². The average Bonchev–Trinajstić information content (AvgIpc) is 2.25. The van der Waals surface area contributed by atoms with Crippen molar-refractivity contribution < 1.29 is 4.79 Å². The van der Waals surface area contributed by atoms with Crippen LogP contribution in [0, 0.1) is 13.8 Å². The van der Waals surface area contributed by atoms with Crippen molar-refractivity contribution in [3.8, 4) is 0 Å². The van der Waals surface area contributed by atoms with E-state index in [9.17, 15) is 4.79 Å². The summed E-state index contributed by atoms with van der Waals surface area (Å²) in [6, 6.07) is 5.87. The number of rotatable bonds is 3. The molecular formula is C14H17NO. The van der Waals surface area contributed by atoms with Crippen molar-refractivity contribution >= 4 is 11.6 Å². The molecule has 0 saturated carbocycles. The van der Waals surface area contributed by atoms with Gasteiger partial charge in [0.05, 0.1) is 0 Å². The van der Waals surface area contributed by atoms with Crippen molar-refractivity contribution in [1.82, 2.24) is 0 Å². The Hall–Kier alpha value is -1.83. The molecule has 0 saturated heterocycles. The van der Waals surface area contributed by atoms with Gasteiger partial charge in [0.25, 0.3) is 0 Å². The van der Waals surface area contributed by atoms with Crippen LogP contribution in [0.4, 0.5) is 5.69 Å². The minimum Gasteiger partial charge on any atom is -0.322 e. The Morgan fingerprint density at radius 3 is 2.69 bits per heavy atom. The Balaban J connectivity index is 2.74. The van der Waals surface area contributed by atoms with Crippen LogP contribution in [0.2, 0.25) is 0 Å².